The molecule has 0 saturated carbocycles. The molecule has 0 aromatic heterocycles. The number of nitrogens with one attached hydrogen (secondary N) is 1. The van der Waals surface area contributed by atoms with Crippen LogP contribution in [0.15, 0.2) is 0 Å². The normalized spacial score (nSPS) is 16.1. The second-order valence-electron chi connectivity index (χ2n) is 6.14. The predicted octanol–water partition coefficient (Wildman–Crippen LogP) is 4.33. The van der Waals surface area contributed by atoms with Crippen molar-refractivity contribution in [3.05, 3.63) is 0 Å². The minimum Gasteiger partial charge on any atom is -0.317 e. The molecule has 0 rings (SSSR count). The van der Waals surface area contributed by atoms with Crippen LogP contribution in [0.4, 0.5) is 0 Å². The molecule has 16 heavy (non-hydrogen) atoms. The Kier molecular flexibility index (Phi) is 8.09. The SMILES string of the molecule is CNC(C)C(C)CCCC(C(C)C)C(C)C. The quantitative estimate of drug-likeness (QED) is 0.651. The van der Waals surface area contributed by atoms with Crippen molar-refractivity contribution in [1.82, 2.24) is 5.32 Å². The van der Waals surface area contributed by atoms with Crippen molar-refractivity contribution in [3.63, 3.8) is 0 Å². The van der Waals surface area contributed by atoms with Gasteiger partial charge in [0, 0.05) is 6.04 Å². The zero-order valence-corrected chi connectivity index (χ0v) is 12.5. The molecule has 0 aromatic carbocycles. The predicted molar refractivity (Wildman–Crippen MR) is 74.7 cm³/mol. The molecule has 0 heterocycles. The van der Waals surface area contributed by atoms with Gasteiger partial charge >= 0.3 is 0 Å². The summed E-state index contributed by atoms with van der Waals surface area (Å²) in [5, 5.41) is 3.35. The summed E-state index contributed by atoms with van der Waals surface area (Å²) in [4.78, 5) is 0. The van der Waals surface area contributed by atoms with E-state index in [9.17, 15) is 0 Å². The lowest BCUT2D eigenvalue weighted by atomic mass is 9.81. The van der Waals surface area contributed by atoms with E-state index in [0.29, 0.717) is 6.04 Å². The molecular formula is C15H33N. The summed E-state index contributed by atoms with van der Waals surface area (Å²) in [6, 6.07) is 0.650. The van der Waals surface area contributed by atoms with E-state index in [1.807, 2.05) is 0 Å². The maximum absolute atomic E-state index is 3.35. The lowest BCUT2D eigenvalue weighted by Crippen LogP contribution is -2.28. The Balaban J connectivity index is 3.86. The van der Waals surface area contributed by atoms with Crippen LogP contribution in [-0.2, 0) is 0 Å². The minimum atomic E-state index is 0.650. The molecule has 0 aliphatic rings. The summed E-state index contributed by atoms with van der Waals surface area (Å²) >= 11 is 0. The van der Waals surface area contributed by atoms with Gasteiger partial charge in [0.15, 0.2) is 0 Å². The molecule has 2 unspecified atom stereocenters. The molecule has 1 nitrogen and oxygen atoms in total. The molecule has 0 saturated heterocycles. The van der Waals surface area contributed by atoms with Gasteiger partial charge in [-0.2, -0.15) is 0 Å². The van der Waals surface area contributed by atoms with E-state index >= 15 is 0 Å². The van der Waals surface area contributed by atoms with Gasteiger partial charge < -0.3 is 5.32 Å². The van der Waals surface area contributed by atoms with E-state index in [4.69, 9.17) is 0 Å². The maximum atomic E-state index is 3.35. The average molecular weight is 227 g/mol. The lowest BCUT2D eigenvalue weighted by molar-refractivity contribution is 0.252. The topological polar surface area (TPSA) is 12.0 Å². The van der Waals surface area contributed by atoms with Gasteiger partial charge in [0.1, 0.15) is 0 Å². The van der Waals surface area contributed by atoms with Crippen LogP contribution < -0.4 is 5.32 Å². The zero-order valence-electron chi connectivity index (χ0n) is 12.5. The molecule has 98 valence electrons. The van der Waals surface area contributed by atoms with Crippen molar-refractivity contribution in [2.45, 2.75) is 66.8 Å². The van der Waals surface area contributed by atoms with Crippen LogP contribution in [0, 0.1) is 23.7 Å². The van der Waals surface area contributed by atoms with Gasteiger partial charge in [0.2, 0.25) is 0 Å². The first-order valence-corrected chi connectivity index (χ1v) is 7.07. The van der Waals surface area contributed by atoms with Crippen LogP contribution in [0.1, 0.15) is 60.8 Å². The summed E-state index contributed by atoms with van der Waals surface area (Å²) in [5.74, 6) is 3.36. The molecular weight excluding hydrogens is 194 g/mol. The average Bonchev–Trinajstić information content (AvgIpc) is 2.21. The Morgan fingerprint density at radius 1 is 0.812 bits per heavy atom. The highest BCUT2D eigenvalue weighted by Crippen LogP contribution is 2.27. The van der Waals surface area contributed by atoms with Crippen LogP contribution in [0.2, 0.25) is 0 Å². The molecule has 1 N–H and O–H groups in total. The first-order chi connectivity index (χ1) is 7.40. The standard InChI is InChI=1S/C15H33N/c1-11(2)15(12(3)4)10-8-9-13(5)14(6)16-7/h11-16H,8-10H2,1-7H3. The fourth-order valence-electron chi connectivity index (χ4n) is 2.65. The first kappa shape index (κ1) is 16.0. The Bertz CT molecular complexity index is 155. The van der Waals surface area contributed by atoms with E-state index in [1.165, 1.54) is 19.3 Å². The first-order valence-electron chi connectivity index (χ1n) is 7.07. The smallest absolute Gasteiger partial charge is 0.00613 e. The molecule has 0 radical (unpaired) electrons. The van der Waals surface area contributed by atoms with Crippen molar-refractivity contribution in [1.29, 1.82) is 0 Å². The second kappa shape index (κ2) is 8.11. The highest BCUT2D eigenvalue weighted by molar-refractivity contribution is 4.70. The molecule has 1 heteroatoms. The number of hydrogen-bond acceptors (Lipinski definition) is 1. The molecule has 0 aliphatic heterocycles. The third-order valence-electron chi connectivity index (χ3n) is 4.22. The van der Waals surface area contributed by atoms with Crippen LogP contribution in [0.25, 0.3) is 0 Å². The van der Waals surface area contributed by atoms with E-state index in [0.717, 1.165) is 23.7 Å². The van der Waals surface area contributed by atoms with Gasteiger partial charge in [0.25, 0.3) is 0 Å². The molecule has 0 spiro atoms. The molecule has 0 aliphatic carbocycles. The largest absolute Gasteiger partial charge is 0.317 e. The molecule has 0 bridgehead atoms. The highest BCUT2D eigenvalue weighted by Gasteiger charge is 2.18. The van der Waals surface area contributed by atoms with Crippen LogP contribution in [-0.4, -0.2) is 13.1 Å². The van der Waals surface area contributed by atoms with E-state index < -0.39 is 0 Å². The van der Waals surface area contributed by atoms with Crippen molar-refractivity contribution in [2.24, 2.45) is 23.7 Å². The van der Waals surface area contributed by atoms with Gasteiger partial charge in [-0.15, -0.1) is 0 Å². The fraction of sp³-hybridized carbons (Fsp3) is 1.00. The summed E-state index contributed by atoms with van der Waals surface area (Å²) in [5.41, 5.74) is 0. The van der Waals surface area contributed by atoms with Gasteiger partial charge in [-0.1, -0.05) is 41.0 Å². The third-order valence-corrected chi connectivity index (χ3v) is 4.22. The van der Waals surface area contributed by atoms with Crippen LogP contribution in [0.3, 0.4) is 0 Å². The molecule has 0 fully saturated rings. The van der Waals surface area contributed by atoms with E-state index in [1.54, 1.807) is 0 Å². The van der Waals surface area contributed by atoms with Crippen molar-refractivity contribution in [2.75, 3.05) is 7.05 Å². The number of rotatable bonds is 8. The van der Waals surface area contributed by atoms with E-state index in [2.05, 4.69) is 53.9 Å². The van der Waals surface area contributed by atoms with Crippen LogP contribution in [0.5, 0.6) is 0 Å². The van der Waals surface area contributed by atoms with Crippen molar-refractivity contribution >= 4 is 0 Å². The van der Waals surface area contributed by atoms with Gasteiger partial charge in [0.05, 0.1) is 0 Å². The molecule has 0 amide bonds. The summed E-state index contributed by atoms with van der Waals surface area (Å²) in [6.45, 7) is 14.1. The molecule has 2 atom stereocenters. The Morgan fingerprint density at radius 2 is 1.31 bits per heavy atom. The third kappa shape index (κ3) is 5.89. The highest BCUT2D eigenvalue weighted by atomic mass is 14.9. The lowest BCUT2D eigenvalue weighted by Gasteiger charge is -2.26. The monoisotopic (exact) mass is 227 g/mol. The number of hydrogen-bond donors (Lipinski definition) is 1. The Labute approximate surface area is 103 Å². The zero-order chi connectivity index (χ0) is 12.7. The van der Waals surface area contributed by atoms with Crippen molar-refractivity contribution < 1.29 is 0 Å². The summed E-state index contributed by atoms with van der Waals surface area (Å²) in [7, 11) is 2.06. The van der Waals surface area contributed by atoms with Gasteiger partial charge in [-0.05, 0) is 50.5 Å². The summed E-state index contributed by atoms with van der Waals surface area (Å²) < 4.78 is 0. The fourth-order valence-corrected chi connectivity index (χ4v) is 2.65. The second-order valence-corrected chi connectivity index (χ2v) is 6.14. The maximum Gasteiger partial charge on any atom is 0.00613 e. The Hall–Kier alpha value is -0.0400. The minimum absolute atomic E-state index is 0.650. The summed E-state index contributed by atoms with van der Waals surface area (Å²) in [6.07, 6.45) is 4.14. The van der Waals surface area contributed by atoms with Gasteiger partial charge in [-0.3, -0.25) is 0 Å². The Morgan fingerprint density at radius 3 is 1.69 bits per heavy atom. The van der Waals surface area contributed by atoms with Crippen LogP contribution >= 0.6 is 0 Å². The molecule has 0 aromatic rings. The van der Waals surface area contributed by atoms with E-state index in [-0.39, 0.29) is 0 Å². The van der Waals surface area contributed by atoms with Gasteiger partial charge in [-0.25, -0.2) is 0 Å². The van der Waals surface area contributed by atoms with Crippen molar-refractivity contribution in [3.8, 4) is 0 Å².